The number of benzene rings is 1. The molecule has 1 saturated carbocycles. The summed E-state index contributed by atoms with van der Waals surface area (Å²) < 4.78 is 5.53. The highest BCUT2D eigenvalue weighted by atomic mass is 35.5. The predicted octanol–water partition coefficient (Wildman–Crippen LogP) is 3.10. The van der Waals surface area contributed by atoms with Gasteiger partial charge in [-0.3, -0.25) is 0 Å². The second-order valence-corrected chi connectivity index (χ2v) is 5.58. The third-order valence-corrected chi connectivity index (χ3v) is 4.04. The molecule has 1 aliphatic carbocycles. The lowest BCUT2D eigenvalue weighted by Crippen LogP contribution is -2.43. The quantitative estimate of drug-likeness (QED) is 0.892. The van der Waals surface area contributed by atoms with E-state index in [1.54, 1.807) is 0 Å². The molecule has 0 amide bonds. The normalized spacial score (nSPS) is 26.8. The predicted molar refractivity (Wildman–Crippen MR) is 69.3 cm³/mol. The fraction of sp³-hybridized carbons (Fsp3) is 0.571. The molecular formula is C14H18ClNO. The Hall–Kier alpha value is -0.570. The molecule has 0 aromatic heterocycles. The van der Waals surface area contributed by atoms with Crippen molar-refractivity contribution in [3.63, 3.8) is 0 Å². The van der Waals surface area contributed by atoms with Gasteiger partial charge in [-0.15, -0.1) is 0 Å². The summed E-state index contributed by atoms with van der Waals surface area (Å²) in [6.45, 7) is 1.78. The maximum atomic E-state index is 5.93. The fourth-order valence-electron chi connectivity index (χ4n) is 2.66. The average Bonchev–Trinajstić information content (AvgIpc) is 3.12. The lowest BCUT2D eigenvalue weighted by Gasteiger charge is -2.29. The standard InChI is InChI=1S/C14H18ClNO/c15-12-5-3-11(4-6-12)14(7-8-14)16-13-2-1-9-17-10-13/h3-6,13,16H,1-2,7-10H2. The summed E-state index contributed by atoms with van der Waals surface area (Å²) >= 11 is 5.93. The molecule has 0 bridgehead atoms. The monoisotopic (exact) mass is 251 g/mol. The first kappa shape index (κ1) is 11.5. The van der Waals surface area contributed by atoms with Crippen molar-refractivity contribution in [2.24, 2.45) is 0 Å². The van der Waals surface area contributed by atoms with E-state index in [0.29, 0.717) is 6.04 Å². The summed E-state index contributed by atoms with van der Waals surface area (Å²) in [6, 6.07) is 8.77. The SMILES string of the molecule is Clc1ccc(C2(NC3CCCOC3)CC2)cc1. The maximum absolute atomic E-state index is 5.93. The van der Waals surface area contributed by atoms with E-state index in [0.717, 1.165) is 18.2 Å². The van der Waals surface area contributed by atoms with Crippen molar-refractivity contribution in [1.82, 2.24) is 5.32 Å². The molecule has 0 spiro atoms. The van der Waals surface area contributed by atoms with Crippen LogP contribution in [-0.2, 0) is 10.3 Å². The van der Waals surface area contributed by atoms with Crippen LogP contribution in [0.1, 0.15) is 31.2 Å². The van der Waals surface area contributed by atoms with Crippen LogP contribution in [0, 0.1) is 0 Å². The van der Waals surface area contributed by atoms with E-state index in [2.05, 4.69) is 17.4 Å². The molecule has 1 N–H and O–H groups in total. The summed E-state index contributed by atoms with van der Waals surface area (Å²) in [7, 11) is 0. The van der Waals surface area contributed by atoms with E-state index in [-0.39, 0.29) is 5.54 Å². The summed E-state index contributed by atoms with van der Waals surface area (Å²) in [6.07, 6.45) is 4.86. The molecule has 1 aromatic rings. The molecule has 2 nitrogen and oxygen atoms in total. The molecule has 1 aromatic carbocycles. The van der Waals surface area contributed by atoms with Crippen LogP contribution in [-0.4, -0.2) is 19.3 Å². The zero-order valence-electron chi connectivity index (χ0n) is 9.92. The van der Waals surface area contributed by atoms with Gasteiger partial charge in [0.2, 0.25) is 0 Å². The van der Waals surface area contributed by atoms with Gasteiger partial charge >= 0.3 is 0 Å². The molecule has 1 heterocycles. The van der Waals surface area contributed by atoms with Gasteiger partial charge in [-0.25, -0.2) is 0 Å². The molecule has 3 rings (SSSR count). The van der Waals surface area contributed by atoms with Crippen molar-refractivity contribution in [3.05, 3.63) is 34.9 Å². The summed E-state index contributed by atoms with van der Waals surface area (Å²) in [5.41, 5.74) is 1.57. The molecule has 1 saturated heterocycles. The van der Waals surface area contributed by atoms with E-state index in [1.165, 1.54) is 31.2 Å². The molecular weight excluding hydrogens is 234 g/mol. The van der Waals surface area contributed by atoms with Gasteiger partial charge in [-0.05, 0) is 43.4 Å². The Bertz CT molecular complexity index is 380. The molecule has 2 fully saturated rings. The molecule has 1 unspecified atom stereocenters. The van der Waals surface area contributed by atoms with Gasteiger partial charge in [0.15, 0.2) is 0 Å². The first-order chi connectivity index (χ1) is 8.28. The Balaban J connectivity index is 1.70. The van der Waals surface area contributed by atoms with Gasteiger partial charge in [0.25, 0.3) is 0 Å². The summed E-state index contributed by atoms with van der Waals surface area (Å²) in [5, 5.41) is 4.58. The molecule has 92 valence electrons. The van der Waals surface area contributed by atoms with Crippen molar-refractivity contribution < 1.29 is 4.74 Å². The second kappa shape index (κ2) is 4.60. The zero-order valence-corrected chi connectivity index (χ0v) is 10.7. The van der Waals surface area contributed by atoms with E-state index in [1.807, 2.05) is 12.1 Å². The number of nitrogens with one attached hydrogen (secondary N) is 1. The Morgan fingerprint density at radius 2 is 2.00 bits per heavy atom. The summed E-state index contributed by atoms with van der Waals surface area (Å²) in [4.78, 5) is 0. The van der Waals surface area contributed by atoms with Crippen molar-refractivity contribution in [2.75, 3.05) is 13.2 Å². The third-order valence-electron chi connectivity index (χ3n) is 3.79. The second-order valence-electron chi connectivity index (χ2n) is 5.15. The third kappa shape index (κ3) is 2.49. The van der Waals surface area contributed by atoms with E-state index in [9.17, 15) is 0 Å². The van der Waals surface area contributed by atoms with Crippen LogP contribution in [0.2, 0.25) is 5.02 Å². The minimum atomic E-state index is 0.204. The van der Waals surface area contributed by atoms with Gasteiger partial charge in [0.05, 0.1) is 6.61 Å². The van der Waals surface area contributed by atoms with Crippen LogP contribution in [0.15, 0.2) is 24.3 Å². The fourth-order valence-corrected chi connectivity index (χ4v) is 2.78. The molecule has 3 heteroatoms. The van der Waals surface area contributed by atoms with Crippen LogP contribution in [0.25, 0.3) is 0 Å². The number of hydrogen-bond acceptors (Lipinski definition) is 2. The van der Waals surface area contributed by atoms with Gasteiger partial charge in [0, 0.05) is 23.2 Å². The van der Waals surface area contributed by atoms with Crippen LogP contribution in [0.4, 0.5) is 0 Å². The number of rotatable bonds is 3. The molecule has 2 aliphatic rings. The Morgan fingerprint density at radius 1 is 1.24 bits per heavy atom. The lowest BCUT2D eigenvalue weighted by atomic mass is 10.0. The number of ether oxygens (including phenoxy) is 1. The molecule has 17 heavy (non-hydrogen) atoms. The van der Waals surface area contributed by atoms with Crippen LogP contribution < -0.4 is 5.32 Å². The Kier molecular flexibility index (Phi) is 3.12. The van der Waals surface area contributed by atoms with Crippen LogP contribution in [0.5, 0.6) is 0 Å². The van der Waals surface area contributed by atoms with Crippen LogP contribution >= 0.6 is 11.6 Å². The van der Waals surface area contributed by atoms with Crippen molar-refractivity contribution in [2.45, 2.75) is 37.3 Å². The molecule has 0 radical (unpaired) electrons. The first-order valence-electron chi connectivity index (χ1n) is 6.40. The zero-order chi connectivity index (χ0) is 11.7. The Morgan fingerprint density at radius 3 is 2.59 bits per heavy atom. The average molecular weight is 252 g/mol. The smallest absolute Gasteiger partial charge is 0.0619 e. The van der Waals surface area contributed by atoms with E-state index < -0.39 is 0 Å². The maximum Gasteiger partial charge on any atom is 0.0619 e. The highest BCUT2D eigenvalue weighted by Crippen LogP contribution is 2.46. The van der Waals surface area contributed by atoms with Crippen molar-refractivity contribution >= 4 is 11.6 Å². The molecule has 1 aliphatic heterocycles. The van der Waals surface area contributed by atoms with Gasteiger partial charge in [-0.1, -0.05) is 23.7 Å². The largest absolute Gasteiger partial charge is 0.380 e. The van der Waals surface area contributed by atoms with Gasteiger partial charge in [-0.2, -0.15) is 0 Å². The topological polar surface area (TPSA) is 21.3 Å². The highest BCUT2D eigenvalue weighted by molar-refractivity contribution is 6.30. The number of halogens is 1. The lowest BCUT2D eigenvalue weighted by molar-refractivity contribution is 0.0647. The van der Waals surface area contributed by atoms with E-state index in [4.69, 9.17) is 16.3 Å². The first-order valence-corrected chi connectivity index (χ1v) is 6.78. The summed E-state index contributed by atoms with van der Waals surface area (Å²) in [5.74, 6) is 0. The van der Waals surface area contributed by atoms with Crippen LogP contribution in [0.3, 0.4) is 0 Å². The minimum absolute atomic E-state index is 0.204. The van der Waals surface area contributed by atoms with E-state index >= 15 is 0 Å². The highest BCUT2D eigenvalue weighted by Gasteiger charge is 2.45. The molecule has 1 atom stereocenters. The van der Waals surface area contributed by atoms with Crippen molar-refractivity contribution in [1.29, 1.82) is 0 Å². The van der Waals surface area contributed by atoms with Gasteiger partial charge < -0.3 is 10.1 Å². The minimum Gasteiger partial charge on any atom is -0.380 e. The van der Waals surface area contributed by atoms with Crippen molar-refractivity contribution in [3.8, 4) is 0 Å². The van der Waals surface area contributed by atoms with Gasteiger partial charge in [0.1, 0.15) is 0 Å². The number of hydrogen-bond donors (Lipinski definition) is 1. The Labute approximate surface area is 107 Å².